The Hall–Kier alpha value is -1.85. The minimum absolute atomic E-state index is 0.00745. The van der Waals surface area contributed by atoms with E-state index in [0.29, 0.717) is 19.0 Å². The average molecular weight is 306 g/mol. The highest BCUT2D eigenvalue weighted by molar-refractivity contribution is 5.87. The molecule has 0 bridgehead atoms. The fraction of sp³-hybridized carbons (Fsp3) is 0.688. The second-order valence-electron chi connectivity index (χ2n) is 6.11. The van der Waals surface area contributed by atoms with Crippen molar-refractivity contribution in [1.29, 1.82) is 0 Å². The molecule has 1 atom stereocenters. The Labute approximate surface area is 131 Å². The summed E-state index contributed by atoms with van der Waals surface area (Å²) in [5.74, 6) is -0.0997. The van der Waals surface area contributed by atoms with E-state index in [1.807, 2.05) is 30.5 Å². The average Bonchev–Trinajstić information content (AvgIpc) is 3.27. The van der Waals surface area contributed by atoms with Crippen molar-refractivity contribution in [2.45, 2.75) is 65.6 Å². The topological polar surface area (TPSA) is 67.2 Å². The largest absolute Gasteiger partial charge is 0.345 e. The SMILES string of the molecule is CCC(=O)NC(C)C(=O)N(Cc1c(C)nn(C)c1C)C1CC1. The van der Waals surface area contributed by atoms with Gasteiger partial charge in [-0.3, -0.25) is 14.3 Å². The minimum Gasteiger partial charge on any atom is -0.345 e. The molecule has 2 rings (SSSR count). The van der Waals surface area contributed by atoms with Gasteiger partial charge in [-0.25, -0.2) is 0 Å². The first-order chi connectivity index (χ1) is 10.3. The summed E-state index contributed by atoms with van der Waals surface area (Å²) in [5.41, 5.74) is 3.15. The van der Waals surface area contributed by atoms with Crippen molar-refractivity contribution < 1.29 is 9.59 Å². The summed E-state index contributed by atoms with van der Waals surface area (Å²) in [6.07, 6.45) is 2.47. The van der Waals surface area contributed by atoms with Crippen LogP contribution >= 0.6 is 0 Å². The lowest BCUT2D eigenvalue weighted by Crippen LogP contribution is -2.47. The fourth-order valence-electron chi connectivity index (χ4n) is 2.64. The molecule has 22 heavy (non-hydrogen) atoms. The van der Waals surface area contributed by atoms with Crippen LogP contribution in [0.5, 0.6) is 0 Å². The lowest BCUT2D eigenvalue weighted by Gasteiger charge is -2.26. The standard InChI is InChI=1S/C16H26N4O2/c1-6-15(21)17-11(3)16(22)20(13-7-8-13)9-14-10(2)18-19(5)12(14)4/h11,13H,6-9H2,1-5H3,(H,17,21). The number of carbonyl (C=O) groups excluding carboxylic acids is 2. The van der Waals surface area contributed by atoms with E-state index < -0.39 is 6.04 Å². The third-order valence-corrected chi connectivity index (χ3v) is 4.33. The van der Waals surface area contributed by atoms with E-state index in [9.17, 15) is 9.59 Å². The van der Waals surface area contributed by atoms with Crippen molar-refractivity contribution >= 4 is 11.8 Å². The van der Waals surface area contributed by atoms with Gasteiger partial charge in [0.05, 0.1) is 5.69 Å². The molecule has 1 aromatic heterocycles. The normalized spacial score (nSPS) is 15.5. The van der Waals surface area contributed by atoms with E-state index in [-0.39, 0.29) is 11.8 Å². The molecule has 1 aliphatic carbocycles. The second-order valence-corrected chi connectivity index (χ2v) is 6.11. The number of aromatic nitrogens is 2. The smallest absolute Gasteiger partial charge is 0.245 e. The summed E-state index contributed by atoms with van der Waals surface area (Å²) in [6.45, 7) is 8.11. The van der Waals surface area contributed by atoms with Crippen LogP contribution in [0.15, 0.2) is 0 Å². The first-order valence-corrected chi connectivity index (χ1v) is 7.94. The van der Waals surface area contributed by atoms with Crippen LogP contribution in [0, 0.1) is 13.8 Å². The molecular weight excluding hydrogens is 280 g/mol. The van der Waals surface area contributed by atoms with Gasteiger partial charge in [-0.05, 0) is 33.6 Å². The number of nitrogens with one attached hydrogen (secondary N) is 1. The highest BCUT2D eigenvalue weighted by atomic mass is 16.2. The van der Waals surface area contributed by atoms with Gasteiger partial charge in [0.2, 0.25) is 11.8 Å². The molecule has 1 fully saturated rings. The molecule has 1 heterocycles. The summed E-state index contributed by atoms with van der Waals surface area (Å²) in [6, 6.07) is -0.183. The van der Waals surface area contributed by atoms with Crippen LogP contribution in [-0.4, -0.2) is 38.6 Å². The molecule has 122 valence electrons. The van der Waals surface area contributed by atoms with Gasteiger partial charge in [-0.2, -0.15) is 5.10 Å². The maximum absolute atomic E-state index is 12.7. The number of hydrogen-bond acceptors (Lipinski definition) is 3. The molecule has 6 nitrogen and oxygen atoms in total. The number of aryl methyl sites for hydroxylation is 2. The molecule has 0 saturated heterocycles. The highest BCUT2D eigenvalue weighted by Crippen LogP contribution is 2.30. The minimum atomic E-state index is -0.481. The van der Waals surface area contributed by atoms with Gasteiger partial charge in [0.15, 0.2) is 0 Å². The van der Waals surface area contributed by atoms with Crippen LogP contribution in [0.1, 0.15) is 50.1 Å². The Bertz CT molecular complexity index is 575. The van der Waals surface area contributed by atoms with Crippen molar-refractivity contribution in [2.75, 3.05) is 0 Å². The van der Waals surface area contributed by atoms with Gasteiger partial charge in [-0.1, -0.05) is 6.92 Å². The molecule has 1 aliphatic rings. The monoisotopic (exact) mass is 306 g/mol. The van der Waals surface area contributed by atoms with Crippen LogP contribution in [0.4, 0.5) is 0 Å². The summed E-state index contributed by atoms with van der Waals surface area (Å²) < 4.78 is 1.85. The number of amides is 2. The molecule has 1 unspecified atom stereocenters. The van der Waals surface area contributed by atoms with E-state index >= 15 is 0 Å². The van der Waals surface area contributed by atoms with E-state index in [1.165, 1.54) is 0 Å². The molecule has 0 aliphatic heterocycles. The van der Waals surface area contributed by atoms with Crippen LogP contribution < -0.4 is 5.32 Å². The van der Waals surface area contributed by atoms with Gasteiger partial charge in [0.25, 0.3) is 0 Å². The quantitative estimate of drug-likeness (QED) is 0.865. The van der Waals surface area contributed by atoms with E-state index in [1.54, 1.807) is 13.8 Å². The van der Waals surface area contributed by atoms with Gasteiger partial charge in [0, 0.05) is 37.3 Å². The Morgan fingerprint density at radius 2 is 2.05 bits per heavy atom. The fourth-order valence-corrected chi connectivity index (χ4v) is 2.64. The number of carbonyl (C=O) groups is 2. The van der Waals surface area contributed by atoms with Crippen LogP contribution in [0.25, 0.3) is 0 Å². The molecule has 0 spiro atoms. The van der Waals surface area contributed by atoms with E-state index in [2.05, 4.69) is 10.4 Å². The predicted octanol–water partition coefficient (Wildman–Crippen LogP) is 1.44. The Kier molecular flexibility index (Phi) is 4.88. The molecule has 6 heteroatoms. The van der Waals surface area contributed by atoms with Crippen molar-refractivity contribution in [1.82, 2.24) is 20.0 Å². The zero-order valence-corrected chi connectivity index (χ0v) is 14.1. The molecule has 1 saturated carbocycles. The molecule has 2 amide bonds. The summed E-state index contributed by atoms with van der Waals surface area (Å²) in [4.78, 5) is 26.1. The molecule has 1 aromatic rings. The van der Waals surface area contributed by atoms with Crippen molar-refractivity contribution in [3.63, 3.8) is 0 Å². The maximum Gasteiger partial charge on any atom is 0.245 e. The van der Waals surface area contributed by atoms with Gasteiger partial charge < -0.3 is 10.2 Å². The zero-order valence-electron chi connectivity index (χ0n) is 14.1. The number of hydrogen-bond donors (Lipinski definition) is 1. The van der Waals surface area contributed by atoms with Gasteiger partial charge >= 0.3 is 0 Å². The highest BCUT2D eigenvalue weighted by Gasteiger charge is 2.35. The Balaban J connectivity index is 2.13. The zero-order chi connectivity index (χ0) is 16.4. The lowest BCUT2D eigenvalue weighted by atomic mass is 10.1. The van der Waals surface area contributed by atoms with E-state index in [4.69, 9.17) is 0 Å². The molecular formula is C16H26N4O2. The predicted molar refractivity (Wildman–Crippen MR) is 84.1 cm³/mol. The van der Waals surface area contributed by atoms with Crippen LogP contribution in [-0.2, 0) is 23.2 Å². The first-order valence-electron chi connectivity index (χ1n) is 7.94. The van der Waals surface area contributed by atoms with Crippen molar-refractivity contribution in [3.05, 3.63) is 17.0 Å². The maximum atomic E-state index is 12.7. The van der Waals surface area contributed by atoms with Crippen molar-refractivity contribution in [3.8, 4) is 0 Å². The van der Waals surface area contributed by atoms with Gasteiger partial charge in [-0.15, -0.1) is 0 Å². The van der Waals surface area contributed by atoms with Crippen LogP contribution in [0.3, 0.4) is 0 Å². The second kappa shape index (κ2) is 6.50. The molecule has 0 aromatic carbocycles. The molecule has 1 N–H and O–H groups in total. The third-order valence-electron chi connectivity index (χ3n) is 4.33. The summed E-state index contributed by atoms with van der Waals surface area (Å²) >= 11 is 0. The summed E-state index contributed by atoms with van der Waals surface area (Å²) in [5, 5.41) is 7.18. The van der Waals surface area contributed by atoms with E-state index in [0.717, 1.165) is 29.8 Å². The third kappa shape index (κ3) is 3.48. The lowest BCUT2D eigenvalue weighted by molar-refractivity contribution is -0.137. The molecule has 0 radical (unpaired) electrons. The Morgan fingerprint density at radius 3 is 2.50 bits per heavy atom. The van der Waals surface area contributed by atoms with Crippen LogP contribution in [0.2, 0.25) is 0 Å². The first kappa shape index (κ1) is 16.5. The number of rotatable bonds is 6. The number of nitrogens with zero attached hydrogens (tertiary/aromatic N) is 3. The summed E-state index contributed by atoms with van der Waals surface area (Å²) in [7, 11) is 1.92. The Morgan fingerprint density at radius 1 is 1.41 bits per heavy atom. The van der Waals surface area contributed by atoms with Crippen molar-refractivity contribution in [2.24, 2.45) is 7.05 Å². The van der Waals surface area contributed by atoms with Gasteiger partial charge in [0.1, 0.15) is 6.04 Å².